The van der Waals surface area contributed by atoms with Gasteiger partial charge in [-0.15, -0.1) is 0 Å². The first-order valence-electron chi connectivity index (χ1n) is 7.33. The van der Waals surface area contributed by atoms with Gasteiger partial charge in [0.05, 0.1) is 11.6 Å². The molecule has 24 heavy (non-hydrogen) atoms. The predicted octanol–water partition coefficient (Wildman–Crippen LogP) is 3.96. The highest BCUT2D eigenvalue weighted by molar-refractivity contribution is 9.10. The number of nitrogens with zero attached hydrogens (tertiary/aromatic N) is 1. The van der Waals surface area contributed by atoms with Crippen molar-refractivity contribution >= 4 is 27.8 Å². The van der Waals surface area contributed by atoms with Gasteiger partial charge >= 0.3 is 5.97 Å². The molecule has 2 rings (SSSR count). The normalized spacial score (nSPS) is 11.7. The Bertz CT molecular complexity index is 736. The Morgan fingerprint density at radius 1 is 1.21 bits per heavy atom. The third-order valence-corrected chi connectivity index (χ3v) is 4.22. The zero-order chi connectivity index (χ0) is 17.7. The fourth-order valence-corrected chi connectivity index (χ4v) is 2.49. The summed E-state index contributed by atoms with van der Waals surface area (Å²) >= 11 is 3.16. The van der Waals surface area contributed by atoms with E-state index in [1.54, 1.807) is 7.05 Å². The van der Waals surface area contributed by atoms with Gasteiger partial charge in [-0.25, -0.2) is 9.18 Å². The summed E-state index contributed by atoms with van der Waals surface area (Å²) in [6, 6.07) is 13.3. The molecule has 0 radical (unpaired) electrons. The second-order valence-corrected chi connectivity index (χ2v) is 6.21. The number of benzene rings is 2. The summed E-state index contributed by atoms with van der Waals surface area (Å²) in [5.41, 5.74) is 0.758. The average molecular weight is 394 g/mol. The molecule has 0 aliphatic rings. The summed E-state index contributed by atoms with van der Waals surface area (Å²) in [5.74, 6) is -1.93. The van der Waals surface area contributed by atoms with Gasteiger partial charge in [-0.1, -0.05) is 46.3 Å². The number of hydrogen-bond donors (Lipinski definition) is 0. The van der Waals surface area contributed by atoms with E-state index in [1.165, 1.54) is 17.0 Å². The van der Waals surface area contributed by atoms with Gasteiger partial charge in [-0.05, 0) is 30.7 Å². The number of carbonyl (C=O) groups is 2. The van der Waals surface area contributed by atoms with Crippen LogP contribution in [0, 0.1) is 5.82 Å². The average Bonchev–Trinajstić information content (AvgIpc) is 2.60. The number of esters is 1. The summed E-state index contributed by atoms with van der Waals surface area (Å²) in [6.07, 6.45) is 0. The first kappa shape index (κ1) is 18.1. The number of ether oxygens (including phenoxy) is 1. The van der Waals surface area contributed by atoms with Crippen LogP contribution in [0.5, 0.6) is 0 Å². The van der Waals surface area contributed by atoms with E-state index in [1.807, 2.05) is 37.3 Å². The molecule has 0 saturated heterocycles. The lowest BCUT2D eigenvalue weighted by molar-refractivity contribution is -0.135. The van der Waals surface area contributed by atoms with Crippen LogP contribution < -0.4 is 0 Å². The Morgan fingerprint density at radius 3 is 2.54 bits per heavy atom. The Balaban J connectivity index is 1.97. The number of amides is 1. The highest BCUT2D eigenvalue weighted by atomic mass is 79.9. The van der Waals surface area contributed by atoms with Crippen LogP contribution in [0.1, 0.15) is 28.9 Å². The molecular weight excluding hydrogens is 377 g/mol. The molecule has 0 spiro atoms. The molecule has 0 aliphatic carbocycles. The molecule has 126 valence electrons. The minimum absolute atomic E-state index is 0.167. The molecule has 0 aliphatic heterocycles. The van der Waals surface area contributed by atoms with E-state index in [-0.39, 0.29) is 17.5 Å². The SMILES string of the molecule is C[C@H](c1ccccc1)N(C)C(=O)COC(=O)c1cc(Br)ccc1F. The third kappa shape index (κ3) is 4.41. The van der Waals surface area contributed by atoms with Gasteiger partial charge < -0.3 is 9.64 Å². The Hall–Kier alpha value is -2.21. The van der Waals surface area contributed by atoms with Gasteiger partial charge in [0, 0.05) is 11.5 Å². The maximum absolute atomic E-state index is 13.6. The lowest BCUT2D eigenvalue weighted by Gasteiger charge is -2.25. The van der Waals surface area contributed by atoms with Crippen LogP contribution in [-0.2, 0) is 9.53 Å². The van der Waals surface area contributed by atoms with Crippen LogP contribution in [0.2, 0.25) is 0 Å². The molecule has 0 fully saturated rings. The van der Waals surface area contributed by atoms with Crippen LogP contribution >= 0.6 is 15.9 Å². The lowest BCUT2D eigenvalue weighted by Crippen LogP contribution is -2.33. The maximum atomic E-state index is 13.6. The zero-order valence-electron chi connectivity index (χ0n) is 13.3. The van der Waals surface area contributed by atoms with E-state index in [9.17, 15) is 14.0 Å². The van der Waals surface area contributed by atoms with Gasteiger partial charge in [0.1, 0.15) is 5.82 Å². The van der Waals surface area contributed by atoms with Crippen molar-refractivity contribution in [2.24, 2.45) is 0 Å². The van der Waals surface area contributed by atoms with E-state index < -0.39 is 18.4 Å². The molecule has 0 heterocycles. The summed E-state index contributed by atoms with van der Waals surface area (Å²) < 4.78 is 19.1. The second kappa shape index (κ2) is 8.06. The molecule has 1 amide bonds. The van der Waals surface area contributed by atoms with Crippen molar-refractivity contribution in [1.82, 2.24) is 4.90 Å². The first-order chi connectivity index (χ1) is 11.4. The fourth-order valence-electron chi connectivity index (χ4n) is 2.13. The number of hydrogen-bond acceptors (Lipinski definition) is 3. The molecule has 1 atom stereocenters. The molecule has 2 aromatic rings. The molecule has 0 aromatic heterocycles. The summed E-state index contributed by atoms with van der Waals surface area (Å²) in [4.78, 5) is 25.6. The van der Waals surface area contributed by atoms with Crippen molar-refractivity contribution in [1.29, 1.82) is 0 Å². The molecule has 4 nitrogen and oxygen atoms in total. The maximum Gasteiger partial charge on any atom is 0.341 e. The van der Waals surface area contributed by atoms with Crippen molar-refractivity contribution in [2.75, 3.05) is 13.7 Å². The summed E-state index contributed by atoms with van der Waals surface area (Å²) in [7, 11) is 1.63. The summed E-state index contributed by atoms with van der Waals surface area (Å²) in [6.45, 7) is 1.43. The van der Waals surface area contributed by atoms with Crippen molar-refractivity contribution < 1.29 is 18.7 Å². The van der Waals surface area contributed by atoms with Gasteiger partial charge in [-0.3, -0.25) is 4.79 Å². The van der Waals surface area contributed by atoms with E-state index in [0.29, 0.717) is 4.47 Å². The van der Waals surface area contributed by atoms with Crippen molar-refractivity contribution in [2.45, 2.75) is 13.0 Å². The number of carbonyl (C=O) groups excluding carboxylic acids is 2. The molecule has 6 heteroatoms. The van der Waals surface area contributed by atoms with Crippen LogP contribution in [0.15, 0.2) is 53.0 Å². The zero-order valence-corrected chi connectivity index (χ0v) is 14.9. The van der Waals surface area contributed by atoms with Gasteiger partial charge in [0.2, 0.25) is 0 Å². The Labute approximate surface area is 148 Å². The minimum Gasteiger partial charge on any atom is -0.452 e. The van der Waals surface area contributed by atoms with Crippen molar-refractivity contribution in [3.8, 4) is 0 Å². The molecule has 0 saturated carbocycles. The largest absolute Gasteiger partial charge is 0.452 e. The third-order valence-electron chi connectivity index (χ3n) is 3.73. The molecule has 2 aromatic carbocycles. The monoisotopic (exact) mass is 393 g/mol. The van der Waals surface area contributed by atoms with E-state index >= 15 is 0 Å². The number of halogens is 2. The fraction of sp³-hybridized carbons (Fsp3) is 0.222. The second-order valence-electron chi connectivity index (χ2n) is 5.29. The number of likely N-dealkylation sites (N-methyl/N-ethyl adjacent to an activating group) is 1. The lowest BCUT2D eigenvalue weighted by atomic mass is 10.1. The summed E-state index contributed by atoms with van der Waals surface area (Å²) in [5, 5.41) is 0. The standard InChI is InChI=1S/C18H17BrFNO3/c1-12(13-6-4-3-5-7-13)21(2)17(22)11-24-18(23)15-10-14(19)8-9-16(15)20/h3-10,12H,11H2,1-2H3/t12-/m1/s1. The minimum atomic E-state index is -0.872. The molecule has 0 unspecified atom stereocenters. The molecule has 0 N–H and O–H groups in total. The van der Waals surface area contributed by atoms with Gasteiger partial charge in [-0.2, -0.15) is 0 Å². The smallest absolute Gasteiger partial charge is 0.341 e. The van der Waals surface area contributed by atoms with Crippen LogP contribution in [0.4, 0.5) is 4.39 Å². The van der Waals surface area contributed by atoms with Crippen molar-refractivity contribution in [3.05, 3.63) is 69.9 Å². The Kier molecular flexibility index (Phi) is 6.09. The highest BCUT2D eigenvalue weighted by Gasteiger charge is 2.20. The van der Waals surface area contributed by atoms with Gasteiger partial charge in [0.25, 0.3) is 5.91 Å². The quantitative estimate of drug-likeness (QED) is 0.722. The van der Waals surface area contributed by atoms with E-state index in [2.05, 4.69) is 15.9 Å². The predicted molar refractivity (Wildman–Crippen MR) is 92.0 cm³/mol. The first-order valence-corrected chi connectivity index (χ1v) is 8.12. The highest BCUT2D eigenvalue weighted by Crippen LogP contribution is 2.19. The van der Waals surface area contributed by atoms with Crippen LogP contribution in [0.3, 0.4) is 0 Å². The van der Waals surface area contributed by atoms with E-state index in [4.69, 9.17) is 4.74 Å². The van der Waals surface area contributed by atoms with Crippen LogP contribution in [-0.4, -0.2) is 30.4 Å². The van der Waals surface area contributed by atoms with Crippen molar-refractivity contribution in [3.63, 3.8) is 0 Å². The van der Waals surface area contributed by atoms with Crippen LogP contribution in [0.25, 0.3) is 0 Å². The topological polar surface area (TPSA) is 46.6 Å². The molecule has 0 bridgehead atoms. The van der Waals surface area contributed by atoms with Gasteiger partial charge in [0.15, 0.2) is 6.61 Å². The van der Waals surface area contributed by atoms with E-state index in [0.717, 1.165) is 11.6 Å². The Morgan fingerprint density at radius 2 is 1.88 bits per heavy atom. The molecular formula is C18H17BrFNO3. The number of rotatable bonds is 5.